The van der Waals surface area contributed by atoms with E-state index in [1.165, 1.54) is 10.9 Å². The fourth-order valence-electron chi connectivity index (χ4n) is 1.84. The SMILES string of the molecule is Cc1cc(Cl)c(-n2nc(C#N)c([S+](C)[O-])c2N)c(Cl)c1. The van der Waals surface area contributed by atoms with Crippen LogP contribution in [0.3, 0.4) is 0 Å². The standard InChI is InChI=1S/C12H10Cl2N4OS/c1-6-3-7(13)10(8(14)4-6)18-12(16)11(20(2)19)9(5-15)17-18/h3-4H,16H2,1-2H3. The molecular formula is C12H10Cl2N4OS. The molecule has 0 aliphatic heterocycles. The Morgan fingerprint density at radius 2 is 1.95 bits per heavy atom. The van der Waals surface area contributed by atoms with Gasteiger partial charge in [0.2, 0.25) is 10.6 Å². The summed E-state index contributed by atoms with van der Waals surface area (Å²) >= 11 is 10.9. The number of rotatable bonds is 2. The lowest BCUT2D eigenvalue weighted by Gasteiger charge is -2.10. The van der Waals surface area contributed by atoms with Crippen LogP contribution in [0, 0.1) is 18.3 Å². The number of aryl methyl sites for hydroxylation is 1. The molecule has 1 aromatic heterocycles. The van der Waals surface area contributed by atoms with E-state index in [-0.39, 0.29) is 16.4 Å². The molecule has 0 aliphatic carbocycles. The molecule has 1 heterocycles. The lowest BCUT2D eigenvalue weighted by atomic mass is 10.2. The van der Waals surface area contributed by atoms with Gasteiger partial charge in [-0.05, 0) is 35.8 Å². The highest BCUT2D eigenvalue weighted by Crippen LogP contribution is 2.34. The first-order valence-corrected chi connectivity index (χ1v) is 7.76. The molecular weight excluding hydrogens is 319 g/mol. The Balaban J connectivity index is 2.76. The van der Waals surface area contributed by atoms with Crippen LogP contribution in [0.15, 0.2) is 17.0 Å². The predicted octanol–water partition coefficient (Wildman–Crippen LogP) is 2.68. The molecule has 0 bridgehead atoms. The summed E-state index contributed by atoms with van der Waals surface area (Å²) in [6.07, 6.45) is 1.43. The van der Waals surface area contributed by atoms with E-state index < -0.39 is 11.2 Å². The van der Waals surface area contributed by atoms with Crippen LogP contribution in [0.4, 0.5) is 5.82 Å². The first-order valence-electron chi connectivity index (χ1n) is 5.44. The van der Waals surface area contributed by atoms with Gasteiger partial charge in [0.1, 0.15) is 18.0 Å². The second kappa shape index (κ2) is 5.54. The zero-order chi connectivity index (χ0) is 15.0. The largest absolute Gasteiger partial charge is 0.611 e. The van der Waals surface area contributed by atoms with E-state index >= 15 is 0 Å². The number of halogens is 2. The van der Waals surface area contributed by atoms with Gasteiger partial charge >= 0.3 is 0 Å². The van der Waals surface area contributed by atoms with Gasteiger partial charge in [-0.25, -0.2) is 4.68 Å². The van der Waals surface area contributed by atoms with E-state index in [4.69, 9.17) is 34.2 Å². The number of hydrogen-bond acceptors (Lipinski definition) is 4. The topological polar surface area (TPSA) is 90.7 Å². The van der Waals surface area contributed by atoms with Crippen molar-refractivity contribution in [3.8, 4) is 11.8 Å². The Labute approximate surface area is 129 Å². The lowest BCUT2D eigenvalue weighted by molar-refractivity contribution is 0.601. The molecule has 8 heteroatoms. The van der Waals surface area contributed by atoms with E-state index in [9.17, 15) is 4.55 Å². The van der Waals surface area contributed by atoms with Gasteiger partial charge in [-0.2, -0.15) is 5.26 Å². The number of benzene rings is 1. The molecule has 0 saturated carbocycles. The number of nitrogens with two attached hydrogens (primary N) is 1. The van der Waals surface area contributed by atoms with Crippen molar-refractivity contribution in [3.63, 3.8) is 0 Å². The zero-order valence-electron chi connectivity index (χ0n) is 10.6. The van der Waals surface area contributed by atoms with Crippen molar-refractivity contribution >= 4 is 40.2 Å². The average molecular weight is 329 g/mol. The molecule has 0 radical (unpaired) electrons. The quantitative estimate of drug-likeness (QED) is 0.858. The van der Waals surface area contributed by atoms with Gasteiger partial charge in [-0.1, -0.05) is 23.2 Å². The van der Waals surface area contributed by atoms with Gasteiger partial charge in [0.05, 0.1) is 10.0 Å². The minimum Gasteiger partial charge on any atom is -0.611 e. The Bertz CT molecular complexity index is 698. The van der Waals surface area contributed by atoms with E-state index in [0.29, 0.717) is 15.7 Å². The molecule has 5 nitrogen and oxygen atoms in total. The van der Waals surface area contributed by atoms with Crippen molar-refractivity contribution in [2.24, 2.45) is 0 Å². The van der Waals surface area contributed by atoms with Crippen molar-refractivity contribution < 1.29 is 4.55 Å². The summed E-state index contributed by atoms with van der Waals surface area (Å²) in [5.74, 6) is 0.0926. The number of anilines is 1. The summed E-state index contributed by atoms with van der Waals surface area (Å²) in [6, 6.07) is 5.28. The van der Waals surface area contributed by atoms with Crippen LogP contribution in [-0.2, 0) is 11.2 Å². The van der Waals surface area contributed by atoms with Crippen molar-refractivity contribution in [2.45, 2.75) is 11.8 Å². The highest BCUT2D eigenvalue weighted by molar-refractivity contribution is 7.91. The fraction of sp³-hybridized carbons (Fsp3) is 0.167. The van der Waals surface area contributed by atoms with Gasteiger partial charge < -0.3 is 10.3 Å². The Kier molecular flexibility index (Phi) is 4.16. The highest BCUT2D eigenvalue weighted by atomic mass is 35.5. The maximum atomic E-state index is 11.7. The molecule has 2 rings (SSSR count). The van der Waals surface area contributed by atoms with Gasteiger partial charge in [0.15, 0.2) is 5.82 Å². The molecule has 0 fully saturated rings. The summed E-state index contributed by atoms with van der Waals surface area (Å²) in [5.41, 5.74) is 7.17. The summed E-state index contributed by atoms with van der Waals surface area (Å²) in [4.78, 5) is 0.181. The van der Waals surface area contributed by atoms with Crippen LogP contribution in [0.5, 0.6) is 0 Å². The molecule has 2 N–H and O–H groups in total. The number of nitrogen functional groups attached to an aromatic ring is 1. The Morgan fingerprint density at radius 1 is 1.40 bits per heavy atom. The Morgan fingerprint density at radius 3 is 2.35 bits per heavy atom. The molecule has 0 saturated heterocycles. The van der Waals surface area contributed by atoms with Crippen molar-refractivity contribution in [2.75, 3.05) is 12.0 Å². The summed E-state index contributed by atoms with van der Waals surface area (Å²) < 4.78 is 12.9. The average Bonchev–Trinajstić information content (AvgIpc) is 2.65. The summed E-state index contributed by atoms with van der Waals surface area (Å²) in [6.45, 7) is 1.85. The van der Waals surface area contributed by atoms with E-state index in [1.54, 1.807) is 12.1 Å². The van der Waals surface area contributed by atoms with Crippen molar-refractivity contribution in [1.82, 2.24) is 9.78 Å². The third kappa shape index (κ3) is 2.45. The molecule has 1 atom stereocenters. The van der Waals surface area contributed by atoms with E-state index in [2.05, 4.69) is 5.10 Å². The first-order chi connectivity index (χ1) is 9.36. The van der Waals surface area contributed by atoms with Gasteiger partial charge in [0, 0.05) is 0 Å². The maximum absolute atomic E-state index is 11.7. The van der Waals surface area contributed by atoms with Crippen LogP contribution in [0.1, 0.15) is 11.3 Å². The minimum absolute atomic E-state index is 0.00367. The summed E-state index contributed by atoms with van der Waals surface area (Å²) in [5, 5.41) is 13.8. The van der Waals surface area contributed by atoms with Crippen LogP contribution >= 0.6 is 23.2 Å². The van der Waals surface area contributed by atoms with Gasteiger partial charge in [-0.3, -0.25) is 0 Å². The third-order valence-electron chi connectivity index (χ3n) is 2.64. The third-order valence-corrected chi connectivity index (χ3v) is 4.20. The van der Waals surface area contributed by atoms with Crippen molar-refractivity contribution in [3.05, 3.63) is 33.4 Å². The smallest absolute Gasteiger partial charge is 0.232 e. The van der Waals surface area contributed by atoms with Gasteiger partial charge in [0.25, 0.3) is 0 Å². The molecule has 0 aliphatic rings. The second-order valence-electron chi connectivity index (χ2n) is 4.12. The maximum Gasteiger partial charge on any atom is 0.232 e. The van der Waals surface area contributed by atoms with Crippen molar-refractivity contribution in [1.29, 1.82) is 5.26 Å². The molecule has 0 amide bonds. The Hall–Kier alpha value is -1.39. The lowest BCUT2D eigenvalue weighted by Crippen LogP contribution is -2.07. The first kappa shape index (κ1) is 15.0. The number of aromatic nitrogens is 2. The zero-order valence-corrected chi connectivity index (χ0v) is 13.0. The molecule has 1 unspecified atom stereocenters. The van der Waals surface area contributed by atoms with Crippen LogP contribution in [-0.4, -0.2) is 20.6 Å². The van der Waals surface area contributed by atoms with E-state index in [0.717, 1.165) is 5.56 Å². The normalized spacial score (nSPS) is 12.2. The second-order valence-corrected chi connectivity index (χ2v) is 6.25. The monoisotopic (exact) mass is 328 g/mol. The van der Waals surface area contributed by atoms with Gasteiger partial charge in [-0.15, -0.1) is 5.10 Å². The molecule has 104 valence electrons. The summed E-state index contributed by atoms with van der Waals surface area (Å²) in [7, 11) is 0. The van der Waals surface area contributed by atoms with E-state index in [1.807, 2.05) is 13.0 Å². The number of hydrogen-bond donors (Lipinski definition) is 1. The molecule has 2 aromatic rings. The van der Waals surface area contributed by atoms with Crippen LogP contribution < -0.4 is 5.73 Å². The van der Waals surface area contributed by atoms with Crippen LogP contribution in [0.2, 0.25) is 10.0 Å². The van der Waals surface area contributed by atoms with Crippen LogP contribution in [0.25, 0.3) is 5.69 Å². The minimum atomic E-state index is -1.44. The molecule has 1 aromatic carbocycles. The fourth-order valence-corrected chi connectivity index (χ4v) is 3.33. The molecule has 20 heavy (non-hydrogen) atoms. The molecule has 0 spiro atoms. The predicted molar refractivity (Wildman–Crippen MR) is 79.8 cm³/mol. The highest BCUT2D eigenvalue weighted by Gasteiger charge is 2.26. The number of nitriles is 1. The number of nitrogens with zero attached hydrogens (tertiary/aromatic N) is 3.